The van der Waals surface area contributed by atoms with E-state index in [1.165, 1.54) is 0 Å². The van der Waals surface area contributed by atoms with E-state index in [-0.39, 0.29) is 35.2 Å². The lowest BCUT2D eigenvalue weighted by Gasteiger charge is -2.40. The van der Waals surface area contributed by atoms with Crippen molar-refractivity contribution >= 4 is 12.1 Å². The van der Waals surface area contributed by atoms with Crippen molar-refractivity contribution in [2.75, 3.05) is 13.1 Å². The molecule has 1 saturated carbocycles. The summed E-state index contributed by atoms with van der Waals surface area (Å²) in [4.78, 5) is 39.1. The second-order valence-electron chi connectivity index (χ2n) is 8.48. The average Bonchev–Trinajstić information content (AvgIpc) is 2.88. The molecule has 1 aliphatic carbocycles. The monoisotopic (exact) mass is 368 g/mol. The SMILES string of the molecule is CC(C)(C)OC(=O)N1CCC(N2C(=O)NC3CCC([N+](=O)[O-])CC32)CC1. The Kier molecular flexibility index (Phi) is 4.98. The maximum absolute atomic E-state index is 12.5. The Hall–Kier alpha value is -2.06. The van der Waals surface area contributed by atoms with Crippen LogP contribution in [0.15, 0.2) is 0 Å². The standard InChI is InChI=1S/C17H28N4O5/c1-17(2,3)26-16(23)19-8-6-11(7-9-19)20-14-10-12(21(24)25)4-5-13(14)18-15(20)22/h11-14H,4-10H2,1-3H3,(H,18,22). The Balaban J connectivity index is 1.60. The summed E-state index contributed by atoms with van der Waals surface area (Å²) >= 11 is 0. The fourth-order valence-electron chi connectivity index (χ4n) is 4.27. The molecular weight excluding hydrogens is 340 g/mol. The van der Waals surface area contributed by atoms with Gasteiger partial charge in [0.15, 0.2) is 0 Å². The lowest BCUT2D eigenvalue weighted by atomic mass is 9.86. The van der Waals surface area contributed by atoms with Crippen molar-refractivity contribution in [3.63, 3.8) is 0 Å². The molecule has 9 nitrogen and oxygen atoms in total. The zero-order chi connectivity index (χ0) is 19.1. The number of ether oxygens (including phenoxy) is 1. The number of likely N-dealkylation sites (tertiary alicyclic amines) is 1. The Morgan fingerprint density at radius 1 is 1.23 bits per heavy atom. The lowest BCUT2D eigenvalue weighted by Crippen LogP contribution is -2.53. The normalized spacial score (nSPS) is 30.0. The highest BCUT2D eigenvalue weighted by atomic mass is 16.6. The molecule has 3 amide bonds. The van der Waals surface area contributed by atoms with Gasteiger partial charge in [-0.15, -0.1) is 0 Å². The molecule has 3 atom stereocenters. The molecule has 3 unspecified atom stereocenters. The minimum atomic E-state index is -0.576. The van der Waals surface area contributed by atoms with Gasteiger partial charge in [-0.25, -0.2) is 9.59 Å². The summed E-state index contributed by atoms with van der Waals surface area (Å²) in [7, 11) is 0. The number of rotatable bonds is 2. The predicted octanol–water partition coefficient (Wildman–Crippen LogP) is 1.98. The summed E-state index contributed by atoms with van der Waals surface area (Å²) < 4.78 is 5.40. The molecule has 9 heteroatoms. The summed E-state index contributed by atoms with van der Waals surface area (Å²) in [5.41, 5.74) is -0.532. The van der Waals surface area contributed by atoms with Gasteiger partial charge in [0.1, 0.15) is 5.60 Å². The van der Waals surface area contributed by atoms with Crippen LogP contribution in [0.2, 0.25) is 0 Å². The van der Waals surface area contributed by atoms with E-state index in [1.54, 1.807) is 4.90 Å². The van der Waals surface area contributed by atoms with E-state index < -0.39 is 11.6 Å². The number of fused-ring (bicyclic) bond motifs is 1. The average molecular weight is 368 g/mol. The molecular formula is C17H28N4O5. The number of nitro groups is 1. The van der Waals surface area contributed by atoms with Gasteiger partial charge in [-0.05, 0) is 40.0 Å². The molecule has 0 bridgehead atoms. The number of nitrogens with zero attached hydrogens (tertiary/aromatic N) is 3. The maximum Gasteiger partial charge on any atom is 0.410 e. The van der Waals surface area contributed by atoms with Crippen LogP contribution in [0.1, 0.15) is 52.9 Å². The Morgan fingerprint density at radius 2 is 1.88 bits per heavy atom. The molecule has 0 spiro atoms. The third-order valence-electron chi connectivity index (χ3n) is 5.50. The largest absolute Gasteiger partial charge is 0.444 e. The first-order chi connectivity index (χ1) is 12.2. The Labute approximate surface area is 153 Å². The first kappa shape index (κ1) is 18.7. The number of carbonyl (C=O) groups excluding carboxylic acids is 2. The molecule has 0 aromatic rings. The fourth-order valence-corrected chi connectivity index (χ4v) is 4.27. The number of carbonyl (C=O) groups is 2. The molecule has 2 heterocycles. The molecule has 0 aromatic carbocycles. The van der Waals surface area contributed by atoms with Crippen LogP contribution in [-0.4, -0.2) is 69.7 Å². The summed E-state index contributed by atoms with van der Waals surface area (Å²) in [5.74, 6) is 0. The van der Waals surface area contributed by atoms with Crippen molar-refractivity contribution in [1.29, 1.82) is 0 Å². The van der Waals surface area contributed by atoms with E-state index in [1.807, 2.05) is 25.7 Å². The molecule has 3 aliphatic rings. The van der Waals surface area contributed by atoms with Crippen molar-refractivity contribution < 1.29 is 19.2 Å². The second kappa shape index (κ2) is 6.92. The van der Waals surface area contributed by atoms with Gasteiger partial charge >= 0.3 is 12.1 Å². The van der Waals surface area contributed by atoms with E-state index >= 15 is 0 Å². The van der Waals surface area contributed by atoms with Crippen LogP contribution in [0.5, 0.6) is 0 Å². The van der Waals surface area contributed by atoms with Crippen LogP contribution in [0.4, 0.5) is 9.59 Å². The number of hydrogen-bond acceptors (Lipinski definition) is 5. The Bertz CT molecular complexity index is 582. The fraction of sp³-hybridized carbons (Fsp3) is 0.882. The first-order valence-corrected chi connectivity index (χ1v) is 9.36. The summed E-state index contributed by atoms with van der Waals surface area (Å²) in [6, 6.07) is -0.811. The molecule has 0 radical (unpaired) electrons. The van der Waals surface area contributed by atoms with Gasteiger partial charge in [-0.2, -0.15) is 0 Å². The third-order valence-corrected chi connectivity index (χ3v) is 5.50. The molecule has 1 N–H and O–H groups in total. The lowest BCUT2D eigenvalue weighted by molar-refractivity contribution is -0.527. The summed E-state index contributed by atoms with van der Waals surface area (Å²) in [5, 5.41) is 14.1. The van der Waals surface area contributed by atoms with Crippen LogP contribution >= 0.6 is 0 Å². The zero-order valence-corrected chi connectivity index (χ0v) is 15.6. The van der Waals surface area contributed by atoms with Gasteiger partial charge in [0, 0.05) is 36.9 Å². The molecule has 0 aromatic heterocycles. The van der Waals surface area contributed by atoms with Crippen molar-refractivity contribution in [3.05, 3.63) is 10.1 Å². The smallest absolute Gasteiger partial charge is 0.410 e. The molecule has 2 saturated heterocycles. The molecule has 146 valence electrons. The molecule has 3 rings (SSSR count). The predicted molar refractivity (Wildman–Crippen MR) is 93.4 cm³/mol. The number of nitrogens with one attached hydrogen (secondary N) is 1. The van der Waals surface area contributed by atoms with Crippen LogP contribution in [-0.2, 0) is 4.74 Å². The number of amides is 3. The van der Waals surface area contributed by atoms with Crippen molar-refractivity contribution in [1.82, 2.24) is 15.1 Å². The molecule has 26 heavy (non-hydrogen) atoms. The van der Waals surface area contributed by atoms with Crippen LogP contribution < -0.4 is 5.32 Å². The van der Waals surface area contributed by atoms with E-state index in [0.717, 1.165) is 0 Å². The van der Waals surface area contributed by atoms with Crippen LogP contribution in [0.25, 0.3) is 0 Å². The van der Waals surface area contributed by atoms with E-state index in [4.69, 9.17) is 4.74 Å². The molecule has 3 fully saturated rings. The number of urea groups is 1. The van der Waals surface area contributed by atoms with E-state index in [2.05, 4.69) is 5.32 Å². The van der Waals surface area contributed by atoms with Crippen LogP contribution in [0, 0.1) is 10.1 Å². The highest BCUT2D eigenvalue weighted by molar-refractivity contribution is 5.78. The van der Waals surface area contributed by atoms with Crippen molar-refractivity contribution in [2.45, 2.75) is 82.6 Å². The van der Waals surface area contributed by atoms with Gasteiger partial charge in [-0.3, -0.25) is 10.1 Å². The second-order valence-corrected chi connectivity index (χ2v) is 8.48. The highest BCUT2D eigenvalue weighted by Gasteiger charge is 2.49. The van der Waals surface area contributed by atoms with Crippen molar-refractivity contribution in [3.8, 4) is 0 Å². The van der Waals surface area contributed by atoms with E-state index in [0.29, 0.717) is 45.2 Å². The summed E-state index contributed by atoms with van der Waals surface area (Å²) in [6.07, 6.45) is 2.57. The topological polar surface area (TPSA) is 105 Å². The summed E-state index contributed by atoms with van der Waals surface area (Å²) in [6.45, 7) is 6.56. The number of piperidine rings is 1. The Morgan fingerprint density at radius 3 is 2.46 bits per heavy atom. The van der Waals surface area contributed by atoms with Gasteiger partial charge in [0.2, 0.25) is 6.04 Å². The highest BCUT2D eigenvalue weighted by Crippen LogP contribution is 2.33. The quantitative estimate of drug-likeness (QED) is 0.593. The van der Waals surface area contributed by atoms with Crippen LogP contribution in [0.3, 0.4) is 0 Å². The van der Waals surface area contributed by atoms with Gasteiger partial charge < -0.3 is 19.9 Å². The first-order valence-electron chi connectivity index (χ1n) is 9.36. The zero-order valence-electron chi connectivity index (χ0n) is 15.6. The minimum absolute atomic E-state index is 0.00239. The third kappa shape index (κ3) is 3.86. The maximum atomic E-state index is 12.5. The van der Waals surface area contributed by atoms with Gasteiger partial charge in [0.25, 0.3) is 0 Å². The van der Waals surface area contributed by atoms with E-state index in [9.17, 15) is 19.7 Å². The number of hydrogen-bond donors (Lipinski definition) is 1. The van der Waals surface area contributed by atoms with Gasteiger partial charge in [0.05, 0.1) is 12.1 Å². The molecule has 2 aliphatic heterocycles. The minimum Gasteiger partial charge on any atom is -0.444 e. The van der Waals surface area contributed by atoms with Gasteiger partial charge in [-0.1, -0.05) is 0 Å². The van der Waals surface area contributed by atoms with Crippen molar-refractivity contribution in [2.24, 2.45) is 0 Å².